The second-order valence-electron chi connectivity index (χ2n) is 5.48. The normalized spacial score (nSPS) is 11.5. The first-order valence-electron chi connectivity index (χ1n) is 7.50. The molecule has 0 saturated carbocycles. The van der Waals surface area contributed by atoms with Gasteiger partial charge in [0.1, 0.15) is 0 Å². The molecule has 3 aromatic rings. The van der Waals surface area contributed by atoms with Crippen LogP contribution in [0.4, 0.5) is 5.69 Å². The van der Waals surface area contributed by atoms with Crippen molar-refractivity contribution in [3.63, 3.8) is 0 Å². The van der Waals surface area contributed by atoms with Crippen LogP contribution in [0.5, 0.6) is 0 Å². The van der Waals surface area contributed by atoms with Crippen LogP contribution in [0.1, 0.15) is 0 Å². The molecule has 1 aromatic carbocycles. The van der Waals surface area contributed by atoms with Crippen molar-refractivity contribution in [1.82, 2.24) is 14.8 Å². The first kappa shape index (κ1) is 18.2. The summed E-state index contributed by atoms with van der Waals surface area (Å²) >= 11 is 1.22. The monoisotopic (exact) mass is 392 g/mol. The summed E-state index contributed by atoms with van der Waals surface area (Å²) in [7, 11) is -1.54. The number of amides is 1. The zero-order chi connectivity index (χ0) is 18.7. The number of nitrogens with zero attached hydrogens (tertiary/aromatic N) is 3. The predicted octanol–water partition coefficient (Wildman–Crippen LogP) is 2.21. The molecule has 0 bridgehead atoms. The smallest absolute Gasteiger partial charge is 0.234 e. The van der Waals surface area contributed by atoms with Gasteiger partial charge in [0.15, 0.2) is 26.6 Å². The molecule has 1 N–H and O–H groups in total. The number of sulfone groups is 1. The molecule has 2 aromatic heterocycles. The van der Waals surface area contributed by atoms with E-state index in [0.29, 0.717) is 22.4 Å². The number of hydrogen-bond acceptors (Lipinski definition) is 7. The standard InChI is InChI=1S/C16H16N4O4S2/c1-20-15(13-7-4-8-24-13)18-19-16(20)25-10-14(21)17-11-5-3-6-12(9-11)26(2,22)23/h3-9H,10H2,1-2H3,(H,17,21). The van der Waals surface area contributed by atoms with Crippen molar-refractivity contribution in [2.75, 3.05) is 17.3 Å². The maximum atomic E-state index is 12.1. The van der Waals surface area contributed by atoms with Crippen molar-refractivity contribution in [2.24, 2.45) is 7.05 Å². The van der Waals surface area contributed by atoms with E-state index in [1.165, 1.54) is 23.9 Å². The molecule has 3 rings (SSSR count). The molecule has 0 spiro atoms. The van der Waals surface area contributed by atoms with E-state index < -0.39 is 9.84 Å². The first-order valence-corrected chi connectivity index (χ1v) is 10.4. The number of carbonyl (C=O) groups is 1. The molecule has 0 unspecified atom stereocenters. The second kappa shape index (κ2) is 7.34. The average molecular weight is 392 g/mol. The largest absolute Gasteiger partial charge is 0.461 e. The van der Waals surface area contributed by atoms with Crippen molar-refractivity contribution < 1.29 is 17.6 Å². The van der Waals surface area contributed by atoms with Crippen molar-refractivity contribution in [3.05, 3.63) is 42.7 Å². The topological polar surface area (TPSA) is 107 Å². The predicted molar refractivity (Wildman–Crippen MR) is 97.6 cm³/mol. The van der Waals surface area contributed by atoms with Crippen LogP contribution in [0.25, 0.3) is 11.6 Å². The van der Waals surface area contributed by atoms with Gasteiger partial charge in [-0.1, -0.05) is 17.8 Å². The molecule has 0 aliphatic heterocycles. The lowest BCUT2D eigenvalue weighted by atomic mass is 10.3. The van der Waals surface area contributed by atoms with Gasteiger partial charge in [-0.2, -0.15) is 0 Å². The second-order valence-corrected chi connectivity index (χ2v) is 8.44. The quantitative estimate of drug-likeness (QED) is 0.641. The lowest BCUT2D eigenvalue weighted by Crippen LogP contribution is -2.14. The molecule has 10 heteroatoms. The average Bonchev–Trinajstić information content (AvgIpc) is 3.22. The van der Waals surface area contributed by atoms with E-state index in [9.17, 15) is 13.2 Å². The van der Waals surface area contributed by atoms with Gasteiger partial charge < -0.3 is 14.3 Å². The van der Waals surface area contributed by atoms with Crippen molar-refractivity contribution in [2.45, 2.75) is 10.1 Å². The molecule has 0 atom stereocenters. The van der Waals surface area contributed by atoms with E-state index in [4.69, 9.17) is 4.42 Å². The Kier molecular flexibility index (Phi) is 5.14. The van der Waals surface area contributed by atoms with Gasteiger partial charge in [-0.25, -0.2) is 8.42 Å². The van der Waals surface area contributed by atoms with Crippen LogP contribution in [0.15, 0.2) is 57.1 Å². The molecule has 0 fully saturated rings. The fourth-order valence-electron chi connectivity index (χ4n) is 2.19. The minimum atomic E-state index is -3.33. The molecule has 2 heterocycles. The highest BCUT2D eigenvalue weighted by atomic mass is 32.2. The van der Waals surface area contributed by atoms with Crippen molar-refractivity contribution >= 4 is 33.2 Å². The summed E-state index contributed by atoms with van der Waals surface area (Å²) in [4.78, 5) is 12.3. The maximum absolute atomic E-state index is 12.1. The highest BCUT2D eigenvalue weighted by Gasteiger charge is 2.15. The lowest BCUT2D eigenvalue weighted by molar-refractivity contribution is -0.113. The molecule has 1 amide bonds. The SMILES string of the molecule is Cn1c(SCC(=O)Nc2cccc(S(C)(=O)=O)c2)nnc1-c1ccco1. The van der Waals surface area contributed by atoms with E-state index in [1.807, 2.05) is 0 Å². The molecule has 0 radical (unpaired) electrons. The zero-order valence-electron chi connectivity index (χ0n) is 14.0. The summed E-state index contributed by atoms with van der Waals surface area (Å²) in [5, 5.41) is 11.4. The Labute approximate surface area is 154 Å². The Bertz CT molecular complexity index is 1030. The van der Waals surface area contributed by atoms with Crippen LogP contribution in [0.2, 0.25) is 0 Å². The summed E-state index contributed by atoms with van der Waals surface area (Å²) < 4.78 is 30.2. The number of hydrogen-bond donors (Lipinski definition) is 1. The van der Waals surface area contributed by atoms with Crippen LogP contribution in [-0.4, -0.2) is 41.1 Å². The summed E-state index contributed by atoms with van der Waals surface area (Å²) in [6, 6.07) is 9.66. The van der Waals surface area contributed by atoms with Gasteiger partial charge in [0.05, 0.1) is 16.9 Å². The molecule has 8 nitrogen and oxygen atoms in total. The van der Waals surface area contributed by atoms with Gasteiger partial charge in [-0.05, 0) is 30.3 Å². The minimum Gasteiger partial charge on any atom is -0.461 e. The van der Waals surface area contributed by atoms with Crippen LogP contribution in [0.3, 0.4) is 0 Å². The molecule has 0 aliphatic rings. The third-order valence-corrected chi connectivity index (χ3v) is 5.59. The van der Waals surface area contributed by atoms with E-state index in [-0.39, 0.29) is 16.6 Å². The molecule has 26 heavy (non-hydrogen) atoms. The maximum Gasteiger partial charge on any atom is 0.234 e. The number of carbonyl (C=O) groups excluding carboxylic acids is 1. The number of aromatic nitrogens is 3. The number of rotatable bonds is 6. The molecular weight excluding hydrogens is 376 g/mol. The van der Waals surface area contributed by atoms with Crippen LogP contribution < -0.4 is 5.32 Å². The first-order chi connectivity index (χ1) is 12.3. The Morgan fingerprint density at radius 3 is 2.77 bits per heavy atom. The third kappa shape index (κ3) is 4.14. The van der Waals surface area contributed by atoms with Crippen LogP contribution >= 0.6 is 11.8 Å². The lowest BCUT2D eigenvalue weighted by Gasteiger charge is -2.06. The van der Waals surface area contributed by atoms with E-state index in [1.54, 1.807) is 42.1 Å². The van der Waals surface area contributed by atoms with Crippen molar-refractivity contribution in [3.8, 4) is 11.6 Å². The number of benzene rings is 1. The van der Waals surface area contributed by atoms with Gasteiger partial charge >= 0.3 is 0 Å². The molecule has 136 valence electrons. The number of nitrogens with one attached hydrogen (secondary N) is 1. The van der Waals surface area contributed by atoms with Gasteiger partial charge in [0.2, 0.25) is 5.91 Å². The summed E-state index contributed by atoms with van der Waals surface area (Å²) in [6.45, 7) is 0. The van der Waals surface area contributed by atoms with Gasteiger partial charge in [0, 0.05) is 19.0 Å². The molecule has 0 aliphatic carbocycles. The van der Waals surface area contributed by atoms with Gasteiger partial charge in [-0.15, -0.1) is 10.2 Å². The summed E-state index contributed by atoms with van der Waals surface area (Å²) in [5.41, 5.74) is 0.424. The van der Waals surface area contributed by atoms with E-state index >= 15 is 0 Å². The van der Waals surface area contributed by atoms with Gasteiger partial charge in [-0.3, -0.25) is 4.79 Å². The fourth-order valence-corrected chi connectivity index (χ4v) is 3.57. The minimum absolute atomic E-state index is 0.104. The summed E-state index contributed by atoms with van der Waals surface area (Å²) in [5.74, 6) is 0.989. The van der Waals surface area contributed by atoms with Crippen molar-refractivity contribution in [1.29, 1.82) is 0 Å². The Hall–Kier alpha value is -2.59. The van der Waals surface area contributed by atoms with Gasteiger partial charge in [0.25, 0.3) is 0 Å². The Morgan fingerprint density at radius 2 is 2.08 bits per heavy atom. The summed E-state index contributed by atoms with van der Waals surface area (Å²) in [6.07, 6.45) is 2.67. The van der Waals surface area contributed by atoms with Crippen LogP contribution in [-0.2, 0) is 21.7 Å². The van der Waals surface area contributed by atoms with E-state index in [0.717, 1.165) is 6.26 Å². The molecular formula is C16H16N4O4S2. The number of furan rings is 1. The Balaban J connectivity index is 1.63. The third-order valence-electron chi connectivity index (χ3n) is 3.45. The zero-order valence-corrected chi connectivity index (χ0v) is 15.7. The highest BCUT2D eigenvalue weighted by molar-refractivity contribution is 7.99. The number of anilines is 1. The van der Waals surface area contributed by atoms with Crippen LogP contribution in [0, 0.1) is 0 Å². The number of thioether (sulfide) groups is 1. The Morgan fingerprint density at radius 1 is 1.27 bits per heavy atom. The fraction of sp³-hybridized carbons (Fsp3) is 0.188. The molecule has 0 saturated heterocycles. The highest BCUT2D eigenvalue weighted by Crippen LogP contribution is 2.23. The van der Waals surface area contributed by atoms with E-state index in [2.05, 4.69) is 15.5 Å².